The minimum atomic E-state index is -0.690. The number of carboxylic acid groups (broad SMARTS) is 1. The summed E-state index contributed by atoms with van der Waals surface area (Å²) in [5.41, 5.74) is 5.93. The second-order valence-electron chi connectivity index (χ2n) is 11.2. The maximum atomic E-state index is 12.0. The molecule has 0 saturated carbocycles. The second kappa shape index (κ2) is 27.9. The number of hydrogen-bond acceptors (Lipinski definition) is 7. The lowest BCUT2D eigenvalue weighted by molar-refractivity contribution is -0.148. The van der Waals surface area contributed by atoms with Crippen LogP contribution in [0.3, 0.4) is 0 Å². The summed E-state index contributed by atoms with van der Waals surface area (Å²) in [6, 6.07) is -0.624. The molecule has 0 rings (SSSR count). The largest absolute Gasteiger partial charge is 0.481 e. The van der Waals surface area contributed by atoms with Crippen molar-refractivity contribution in [2.75, 3.05) is 32.9 Å². The summed E-state index contributed by atoms with van der Waals surface area (Å²) < 4.78 is 10.3. The van der Waals surface area contributed by atoms with E-state index in [1.165, 1.54) is 57.8 Å². The molecule has 0 spiro atoms. The Morgan fingerprint density at radius 3 is 1.68 bits per heavy atom. The average molecular weight is 586 g/mol. The molecule has 41 heavy (non-hydrogen) atoms. The van der Waals surface area contributed by atoms with E-state index in [2.05, 4.69) is 10.6 Å². The van der Waals surface area contributed by atoms with Crippen molar-refractivity contribution in [3.8, 4) is 0 Å². The highest BCUT2D eigenvalue weighted by molar-refractivity contribution is 5.81. The fourth-order valence-corrected chi connectivity index (χ4v) is 4.30. The highest BCUT2D eigenvalue weighted by Gasteiger charge is 2.13. The van der Waals surface area contributed by atoms with Crippen LogP contribution in [0.2, 0.25) is 0 Å². The SMILES string of the molecule is CC(C)C(=O)OCCOCCNC(=O)C(N)CCCNC(=O)CCCCCCCCCCCCCCCCC(=O)O. The van der Waals surface area contributed by atoms with Crippen molar-refractivity contribution in [3.63, 3.8) is 0 Å². The molecule has 10 heteroatoms. The van der Waals surface area contributed by atoms with E-state index in [1.54, 1.807) is 13.8 Å². The lowest BCUT2D eigenvalue weighted by Crippen LogP contribution is -2.42. The fraction of sp³-hybridized carbons (Fsp3) is 0.871. The van der Waals surface area contributed by atoms with E-state index < -0.39 is 12.0 Å². The van der Waals surface area contributed by atoms with Crippen molar-refractivity contribution in [2.24, 2.45) is 11.7 Å². The van der Waals surface area contributed by atoms with Crippen LogP contribution in [0.25, 0.3) is 0 Å². The van der Waals surface area contributed by atoms with E-state index in [0.29, 0.717) is 45.4 Å². The first-order chi connectivity index (χ1) is 19.7. The van der Waals surface area contributed by atoms with E-state index >= 15 is 0 Å². The summed E-state index contributed by atoms with van der Waals surface area (Å²) in [5, 5.41) is 14.3. The molecule has 0 aliphatic heterocycles. The third-order valence-electron chi connectivity index (χ3n) is 6.88. The zero-order chi connectivity index (χ0) is 30.6. The molecule has 0 bridgehead atoms. The molecule has 0 heterocycles. The number of rotatable bonds is 29. The molecule has 0 aromatic rings. The van der Waals surface area contributed by atoms with Crippen molar-refractivity contribution < 1.29 is 33.8 Å². The number of hydrogen-bond donors (Lipinski definition) is 4. The molecular weight excluding hydrogens is 526 g/mol. The van der Waals surface area contributed by atoms with Gasteiger partial charge in [-0.05, 0) is 25.7 Å². The van der Waals surface area contributed by atoms with Crippen LogP contribution >= 0.6 is 0 Å². The van der Waals surface area contributed by atoms with Gasteiger partial charge in [-0.25, -0.2) is 0 Å². The van der Waals surface area contributed by atoms with Gasteiger partial charge in [-0.15, -0.1) is 0 Å². The highest BCUT2D eigenvalue weighted by Crippen LogP contribution is 2.13. The number of carbonyl (C=O) groups excluding carboxylic acids is 3. The summed E-state index contributed by atoms with van der Waals surface area (Å²) in [6.45, 7) is 5.18. The third kappa shape index (κ3) is 27.7. The molecule has 5 N–H and O–H groups in total. The van der Waals surface area contributed by atoms with E-state index in [-0.39, 0.29) is 36.9 Å². The van der Waals surface area contributed by atoms with Gasteiger partial charge < -0.3 is 30.9 Å². The molecule has 0 radical (unpaired) electrons. The maximum absolute atomic E-state index is 12.0. The molecule has 0 aliphatic rings. The van der Waals surface area contributed by atoms with Gasteiger partial charge in [-0.2, -0.15) is 0 Å². The number of carbonyl (C=O) groups is 4. The molecule has 0 aliphatic carbocycles. The van der Waals surface area contributed by atoms with Gasteiger partial charge in [-0.1, -0.05) is 90.9 Å². The smallest absolute Gasteiger partial charge is 0.308 e. The van der Waals surface area contributed by atoms with Crippen molar-refractivity contribution in [3.05, 3.63) is 0 Å². The van der Waals surface area contributed by atoms with Crippen molar-refractivity contribution in [2.45, 2.75) is 135 Å². The second-order valence-corrected chi connectivity index (χ2v) is 11.2. The summed E-state index contributed by atoms with van der Waals surface area (Å²) >= 11 is 0. The van der Waals surface area contributed by atoms with Crippen LogP contribution in [0.5, 0.6) is 0 Å². The molecule has 0 saturated heterocycles. The quantitative estimate of drug-likeness (QED) is 0.0715. The lowest BCUT2D eigenvalue weighted by Gasteiger charge is -2.13. The van der Waals surface area contributed by atoms with Crippen LogP contribution < -0.4 is 16.4 Å². The van der Waals surface area contributed by atoms with Gasteiger partial charge >= 0.3 is 11.9 Å². The Kier molecular flexibility index (Phi) is 26.4. The number of ether oxygens (including phenoxy) is 2. The Hall–Kier alpha value is -2.20. The number of nitrogens with two attached hydrogens (primary N) is 1. The van der Waals surface area contributed by atoms with E-state index in [0.717, 1.165) is 32.1 Å². The van der Waals surface area contributed by atoms with Crippen LogP contribution in [-0.2, 0) is 28.7 Å². The van der Waals surface area contributed by atoms with Crippen molar-refractivity contribution >= 4 is 23.8 Å². The highest BCUT2D eigenvalue weighted by atomic mass is 16.6. The normalized spacial score (nSPS) is 11.8. The summed E-state index contributed by atoms with van der Waals surface area (Å²) in [5.74, 6) is -1.30. The Labute approximate surface area is 248 Å². The van der Waals surface area contributed by atoms with Gasteiger partial charge in [0.25, 0.3) is 0 Å². The molecule has 1 atom stereocenters. The monoisotopic (exact) mass is 585 g/mol. The zero-order valence-electron chi connectivity index (χ0n) is 25.9. The Morgan fingerprint density at radius 2 is 1.17 bits per heavy atom. The fourth-order valence-electron chi connectivity index (χ4n) is 4.30. The molecule has 0 aromatic carbocycles. The van der Waals surface area contributed by atoms with Crippen LogP contribution in [0, 0.1) is 5.92 Å². The predicted octanol–water partition coefficient (Wildman–Crippen LogP) is 4.87. The molecular formula is C31H59N3O7. The van der Waals surface area contributed by atoms with Gasteiger partial charge in [0, 0.05) is 25.9 Å². The Bertz CT molecular complexity index is 689. The summed E-state index contributed by atoms with van der Waals surface area (Å²) in [4.78, 5) is 45.8. The van der Waals surface area contributed by atoms with Gasteiger partial charge in [0.15, 0.2) is 0 Å². The zero-order valence-corrected chi connectivity index (χ0v) is 25.9. The molecule has 2 amide bonds. The number of esters is 1. The summed E-state index contributed by atoms with van der Waals surface area (Å²) in [6.07, 6.45) is 18.2. The van der Waals surface area contributed by atoms with Gasteiger partial charge in [0.2, 0.25) is 11.8 Å². The molecule has 240 valence electrons. The molecule has 1 unspecified atom stereocenters. The predicted molar refractivity (Wildman–Crippen MR) is 161 cm³/mol. The van der Waals surface area contributed by atoms with Crippen LogP contribution in [0.1, 0.15) is 129 Å². The van der Waals surface area contributed by atoms with Crippen LogP contribution in [0.15, 0.2) is 0 Å². The number of amides is 2. The maximum Gasteiger partial charge on any atom is 0.308 e. The number of unbranched alkanes of at least 4 members (excludes halogenated alkanes) is 13. The van der Waals surface area contributed by atoms with Crippen molar-refractivity contribution in [1.29, 1.82) is 0 Å². The van der Waals surface area contributed by atoms with E-state index in [9.17, 15) is 19.2 Å². The topological polar surface area (TPSA) is 157 Å². The minimum absolute atomic E-state index is 0.0566. The number of nitrogens with one attached hydrogen (secondary N) is 2. The number of aliphatic carboxylic acids is 1. The molecule has 0 fully saturated rings. The van der Waals surface area contributed by atoms with Gasteiger partial charge in [0.1, 0.15) is 6.61 Å². The first kappa shape index (κ1) is 38.8. The summed E-state index contributed by atoms with van der Waals surface area (Å²) in [7, 11) is 0. The lowest BCUT2D eigenvalue weighted by atomic mass is 10.0. The van der Waals surface area contributed by atoms with E-state index in [1.807, 2.05) is 0 Å². The number of carboxylic acids is 1. The van der Waals surface area contributed by atoms with Crippen LogP contribution in [0.4, 0.5) is 0 Å². The molecule has 10 nitrogen and oxygen atoms in total. The van der Waals surface area contributed by atoms with Crippen molar-refractivity contribution in [1.82, 2.24) is 10.6 Å². The molecule has 0 aromatic heterocycles. The Balaban J connectivity index is 3.42. The first-order valence-electron chi connectivity index (χ1n) is 16.0. The van der Waals surface area contributed by atoms with Crippen LogP contribution in [-0.4, -0.2) is 67.8 Å². The first-order valence-corrected chi connectivity index (χ1v) is 16.0. The average Bonchev–Trinajstić information content (AvgIpc) is 2.93. The minimum Gasteiger partial charge on any atom is -0.481 e. The Morgan fingerprint density at radius 1 is 0.659 bits per heavy atom. The standard InChI is InChI=1S/C31H59N3O7/c1-26(2)31(39)41-25-24-40-23-22-34-30(38)27(32)18-17-21-33-28(35)19-15-13-11-9-7-5-3-4-6-8-10-12-14-16-20-29(36)37/h26-27H,3-25,32H2,1-2H3,(H,33,35)(H,34,38)(H,36,37). The third-order valence-corrected chi connectivity index (χ3v) is 6.88. The van der Waals surface area contributed by atoms with Gasteiger partial charge in [0.05, 0.1) is 25.2 Å². The van der Waals surface area contributed by atoms with E-state index in [4.69, 9.17) is 20.3 Å². The van der Waals surface area contributed by atoms with Gasteiger partial charge in [-0.3, -0.25) is 19.2 Å².